The lowest BCUT2D eigenvalue weighted by Crippen LogP contribution is -2.25. The van der Waals surface area contributed by atoms with E-state index in [1.54, 1.807) is 31.0 Å². The molecule has 1 aromatic heterocycles. The second-order valence-corrected chi connectivity index (χ2v) is 4.84. The molecule has 1 heterocycles. The van der Waals surface area contributed by atoms with Gasteiger partial charge in [-0.3, -0.25) is 4.68 Å². The third kappa shape index (κ3) is 3.16. The van der Waals surface area contributed by atoms with Gasteiger partial charge in [0.15, 0.2) is 0 Å². The molecule has 74 valence electrons. The number of rotatable bonds is 3. The number of hydrogen-bond donors (Lipinski definition) is 1. The predicted molar refractivity (Wildman–Crippen MR) is 49.6 cm³/mol. The van der Waals surface area contributed by atoms with E-state index >= 15 is 0 Å². The summed E-state index contributed by atoms with van der Waals surface area (Å²) in [6, 6.07) is -0.233. The second kappa shape index (κ2) is 3.47. The minimum atomic E-state index is -3.15. The van der Waals surface area contributed by atoms with Crippen molar-refractivity contribution in [3.63, 3.8) is 0 Å². The molecule has 0 saturated heterocycles. The van der Waals surface area contributed by atoms with Crippen LogP contribution in [0.25, 0.3) is 0 Å². The first-order valence-corrected chi connectivity index (χ1v) is 5.73. The molecule has 0 radical (unpaired) electrons. The van der Waals surface area contributed by atoms with E-state index in [0.717, 1.165) is 11.8 Å². The zero-order chi connectivity index (χ0) is 10.1. The van der Waals surface area contributed by atoms with Crippen LogP contribution in [0.2, 0.25) is 0 Å². The number of aromatic nitrogens is 2. The first kappa shape index (κ1) is 10.2. The Hall–Kier alpha value is -0.880. The molecular formula is C7H13N3O2S. The van der Waals surface area contributed by atoms with Crippen molar-refractivity contribution in [3.05, 3.63) is 18.0 Å². The van der Waals surface area contributed by atoms with Crippen molar-refractivity contribution in [1.29, 1.82) is 0 Å². The van der Waals surface area contributed by atoms with Gasteiger partial charge in [0, 0.05) is 24.8 Å². The van der Waals surface area contributed by atoms with Crippen molar-refractivity contribution in [3.8, 4) is 0 Å². The Morgan fingerprint density at radius 2 is 2.23 bits per heavy atom. The maximum atomic E-state index is 10.9. The monoisotopic (exact) mass is 203 g/mol. The minimum Gasteiger partial charge on any atom is -0.275 e. The molecule has 0 aliphatic carbocycles. The Morgan fingerprint density at radius 3 is 2.62 bits per heavy atom. The van der Waals surface area contributed by atoms with Crippen LogP contribution < -0.4 is 4.72 Å². The highest BCUT2D eigenvalue weighted by molar-refractivity contribution is 7.88. The average molecular weight is 203 g/mol. The van der Waals surface area contributed by atoms with E-state index in [0.29, 0.717) is 0 Å². The van der Waals surface area contributed by atoms with Gasteiger partial charge in [-0.15, -0.1) is 0 Å². The third-order valence-electron chi connectivity index (χ3n) is 1.62. The van der Waals surface area contributed by atoms with Crippen LogP contribution in [-0.2, 0) is 17.1 Å². The first-order chi connectivity index (χ1) is 5.88. The van der Waals surface area contributed by atoms with Gasteiger partial charge in [-0.05, 0) is 6.92 Å². The van der Waals surface area contributed by atoms with Gasteiger partial charge in [0.2, 0.25) is 10.0 Å². The van der Waals surface area contributed by atoms with Gasteiger partial charge in [0.25, 0.3) is 0 Å². The SMILES string of the molecule is CC(NS(C)(=O)=O)c1cnn(C)c1. The molecule has 0 aliphatic rings. The van der Waals surface area contributed by atoms with Crippen molar-refractivity contribution in [2.45, 2.75) is 13.0 Å². The largest absolute Gasteiger partial charge is 0.275 e. The molecule has 0 spiro atoms. The van der Waals surface area contributed by atoms with Gasteiger partial charge < -0.3 is 0 Å². The quantitative estimate of drug-likeness (QED) is 0.753. The number of hydrogen-bond acceptors (Lipinski definition) is 3. The summed E-state index contributed by atoms with van der Waals surface area (Å²) < 4.78 is 25.9. The maximum Gasteiger partial charge on any atom is 0.209 e. The average Bonchev–Trinajstić information content (AvgIpc) is 2.31. The highest BCUT2D eigenvalue weighted by Crippen LogP contribution is 2.10. The van der Waals surface area contributed by atoms with Crippen LogP contribution in [0.15, 0.2) is 12.4 Å². The molecular weight excluding hydrogens is 190 g/mol. The van der Waals surface area contributed by atoms with Gasteiger partial charge in [0.1, 0.15) is 0 Å². The number of aryl methyl sites for hydroxylation is 1. The molecule has 1 rings (SSSR count). The van der Waals surface area contributed by atoms with Crippen LogP contribution in [-0.4, -0.2) is 24.5 Å². The van der Waals surface area contributed by atoms with E-state index < -0.39 is 10.0 Å². The molecule has 1 unspecified atom stereocenters. The maximum absolute atomic E-state index is 10.9. The Morgan fingerprint density at radius 1 is 1.62 bits per heavy atom. The van der Waals surface area contributed by atoms with Gasteiger partial charge in [-0.1, -0.05) is 0 Å². The molecule has 1 atom stereocenters. The van der Waals surface area contributed by atoms with Gasteiger partial charge in [-0.2, -0.15) is 5.10 Å². The van der Waals surface area contributed by atoms with Crippen LogP contribution in [0, 0.1) is 0 Å². The number of sulfonamides is 1. The lowest BCUT2D eigenvalue weighted by Gasteiger charge is -2.08. The van der Waals surface area contributed by atoms with Gasteiger partial charge in [-0.25, -0.2) is 13.1 Å². The molecule has 1 aromatic rings. The molecule has 0 saturated carbocycles. The van der Waals surface area contributed by atoms with Crippen LogP contribution in [0.3, 0.4) is 0 Å². The van der Waals surface area contributed by atoms with Crippen molar-refractivity contribution in [2.75, 3.05) is 6.26 Å². The van der Waals surface area contributed by atoms with Crippen molar-refractivity contribution in [2.24, 2.45) is 7.05 Å². The zero-order valence-corrected chi connectivity index (χ0v) is 8.67. The molecule has 0 amide bonds. The molecule has 0 fully saturated rings. The van der Waals surface area contributed by atoms with E-state index in [-0.39, 0.29) is 6.04 Å². The zero-order valence-electron chi connectivity index (χ0n) is 7.85. The minimum absolute atomic E-state index is 0.233. The molecule has 0 bridgehead atoms. The fraction of sp³-hybridized carbons (Fsp3) is 0.571. The third-order valence-corrected chi connectivity index (χ3v) is 2.40. The smallest absolute Gasteiger partial charge is 0.209 e. The normalized spacial score (nSPS) is 14.4. The van der Waals surface area contributed by atoms with Crippen LogP contribution >= 0.6 is 0 Å². The molecule has 0 aliphatic heterocycles. The number of nitrogens with one attached hydrogen (secondary N) is 1. The first-order valence-electron chi connectivity index (χ1n) is 3.84. The van der Waals surface area contributed by atoms with E-state index in [1.165, 1.54) is 0 Å². The Bertz CT molecular complexity index is 382. The Labute approximate surface area is 77.8 Å². The van der Waals surface area contributed by atoms with Crippen LogP contribution in [0.5, 0.6) is 0 Å². The molecule has 13 heavy (non-hydrogen) atoms. The summed E-state index contributed by atoms with van der Waals surface area (Å²) in [5.74, 6) is 0. The molecule has 5 nitrogen and oxygen atoms in total. The Balaban J connectivity index is 2.75. The number of nitrogens with zero attached hydrogens (tertiary/aromatic N) is 2. The standard InChI is InChI=1S/C7H13N3O2S/c1-6(9-13(3,11)12)7-4-8-10(2)5-7/h4-6,9H,1-3H3. The predicted octanol–water partition coefficient (Wildman–Crippen LogP) is 0.0303. The highest BCUT2D eigenvalue weighted by atomic mass is 32.2. The summed E-state index contributed by atoms with van der Waals surface area (Å²) in [5, 5.41) is 3.95. The van der Waals surface area contributed by atoms with Gasteiger partial charge in [0.05, 0.1) is 12.5 Å². The summed E-state index contributed by atoms with van der Waals surface area (Å²) in [7, 11) is -1.36. The fourth-order valence-electron chi connectivity index (χ4n) is 1.05. The van der Waals surface area contributed by atoms with Gasteiger partial charge >= 0.3 is 0 Å². The van der Waals surface area contributed by atoms with E-state index in [4.69, 9.17) is 0 Å². The molecule has 1 N–H and O–H groups in total. The summed E-state index contributed by atoms with van der Waals surface area (Å²) >= 11 is 0. The van der Waals surface area contributed by atoms with E-state index in [1.807, 2.05) is 0 Å². The molecule has 6 heteroatoms. The van der Waals surface area contributed by atoms with E-state index in [2.05, 4.69) is 9.82 Å². The van der Waals surface area contributed by atoms with Crippen molar-refractivity contribution >= 4 is 10.0 Å². The Kier molecular flexibility index (Phi) is 2.72. The summed E-state index contributed by atoms with van der Waals surface area (Å²) in [6.45, 7) is 1.78. The lowest BCUT2D eigenvalue weighted by atomic mass is 10.2. The topological polar surface area (TPSA) is 64.0 Å². The summed E-state index contributed by atoms with van der Waals surface area (Å²) in [4.78, 5) is 0. The summed E-state index contributed by atoms with van der Waals surface area (Å²) in [5.41, 5.74) is 0.855. The van der Waals surface area contributed by atoms with E-state index in [9.17, 15) is 8.42 Å². The molecule has 0 aromatic carbocycles. The fourth-order valence-corrected chi connectivity index (χ4v) is 1.83. The lowest BCUT2D eigenvalue weighted by molar-refractivity contribution is 0.573. The highest BCUT2D eigenvalue weighted by Gasteiger charge is 2.11. The van der Waals surface area contributed by atoms with Crippen LogP contribution in [0.4, 0.5) is 0 Å². The van der Waals surface area contributed by atoms with Crippen molar-refractivity contribution < 1.29 is 8.42 Å². The summed E-state index contributed by atoms with van der Waals surface area (Å²) in [6.07, 6.45) is 4.56. The van der Waals surface area contributed by atoms with Crippen molar-refractivity contribution in [1.82, 2.24) is 14.5 Å². The van der Waals surface area contributed by atoms with Crippen LogP contribution in [0.1, 0.15) is 18.5 Å². The second-order valence-electron chi connectivity index (χ2n) is 3.06.